The van der Waals surface area contributed by atoms with E-state index < -0.39 is 0 Å². The lowest BCUT2D eigenvalue weighted by Crippen LogP contribution is -2.31. The van der Waals surface area contributed by atoms with Crippen LogP contribution in [-0.2, 0) is 4.79 Å². The predicted octanol–water partition coefficient (Wildman–Crippen LogP) is 4.33. The lowest BCUT2D eigenvalue weighted by Gasteiger charge is -2.21. The molecule has 0 aromatic heterocycles. The van der Waals surface area contributed by atoms with Crippen molar-refractivity contribution in [2.24, 2.45) is 0 Å². The van der Waals surface area contributed by atoms with Gasteiger partial charge in [0.25, 0.3) is 0 Å². The second kappa shape index (κ2) is 11.1. The van der Waals surface area contributed by atoms with E-state index in [1.807, 2.05) is 4.90 Å². The first-order valence-corrected chi connectivity index (χ1v) is 7.17. The molecule has 18 heavy (non-hydrogen) atoms. The number of carbonyl (C=O) groups is 1. The van der Waals surface area contributed by atoms with Crippen molar-refractivity contribution in [1.29, 1.82) is 0 Å². The minimum absolute atomic E-state index is 0.182. The predicted molar refractivity (Wildman–Crippen MR) is 79.6 cm³/mol. The summed E-state index contributed by atoms with van der Waals surface area (Å²) in [7, 11) is 0. The van der Waals surface area contributed by atoms with E-state index in [0.717, 1.165) is 45.2 Å². The number of hydrogen-bond acceptors (Lipinski definition) is 1. The van der Waals surface area contributed by atoms with Crippen LogP contribution in [0.15, 0.2) is 23.8 Å². The smallest absolute Gasteiger partial charge is 0.219 e. The molecule has 0 unspecified atom stereocenters. The van der Waals surface area contributed by atoms with Gasteiger partial charge in [-0.05, 0) is 32.6 Å². The van der Waals surface area contributed by atoms with Gasteiger partial charge in [-0.3, -0.25) is 4.79 Å². The molecule has 0 atom stereocenters. The molecule has 0 aliphatic rings. The van der Waals surface area contributed by atoms with Gasteiger partial charge in [0.2, 0.25) is 5.91 Å². The van der Waals surface area contributed by atoms with Crippen LogP contribution in [0.25, 0.3) is 0 Å². The molecule has 0 aliphatic carbocycles. The molecular formula is C16H29NO. The number of hydrogen-bond donors (Lipinski definition) is 0. The topological polar surface area (TPSA) is 20.3 Å². The summed E-state index contributed by atoms with van der Waals surface area (Å²) in [6.07, 6.45) is 12.2. The summed E-state index contributed by atoms with van der Waals surface area (Å²) in [5.41, 5.74) is 1.30. The van der Waals surface area contributed by atoms with E-state index in [4.69, 9.17) is 0 Å². The summed E-state index contributed by atoms with van der Waals surface area (Å²) in [6.45, 7) is 9.75. The summed E-state index contributed by atoms with van der Waals surface area (Å²) in [4.78, 5) is 13.4. The monoisotopic (exact) mass is 251 g/mol. The van der Waals surface area contributed by atoms with Crippen molar-refractivity contribution in [3.05, 3.63) is 23.8 Å². The average molecular weight is 251 g/mol. The Bertz CT molecular complexity index is 279. The first-order chi connectivity index (χ1) is 8.61. The number of unbranched alkanes of at least 4 members (excludes halogenated alkanes) is 2. The van der Waals surface area contributed by atoms with Crippen LogP contribution in [0.5, 0.6) is 0 Å². The van der Waals surface area contributed by atoms with Gasteiger partial charge in [-0.2, -0.15) is 0 Å². The molecule has 104 valence electrons. The Morgan fingerprint density at radius 2 is 1.83 bits per heavy atom. The minimum atomic E-state index is 0.182. The van der Waals surface area contributed by atoms with Crippen LogP contribution in [0.2, 0.25) is 0 Å². The summed E-state index contributed by atoms with van der Waals surface area (Å²) < 4.78 is 0. The lowest BCUT2D eigenvalue weighted by atomic mass is 10.2. The van der Waals surface area contributed by atoms with Crippen LogP contribution >= 0.6 is 0 Å². The zero-order chi connectivity index (χ0) is 13.8. The molecule has 2 nitrogen and oxygen atoms in total. The normalized spacial score (nSPS) is 12.1. The average Bonchev–Trinajstić information content (AvgIpc) is 2.33. The number of carbonyl (C=O) groups excluding carboxylic acids is 1. The van der Waals surface area contributed by atoms with E-state index in [1.54, 1.807) is 6.92 Å². The third-order valence-electron chi connectivity index (χ3n) is 2.90. The maximum Gasteiger partial charge on any atom is 0.219 e. The molecule has 2 heteroatoms. The molecule has 0 aromatic carbocycles. The summed E-state index contributed by atoms with van der Waals surface area (Å²) in [5, 5.41) is 0. The van der Waals surface area contributed by atoms with Crippen LogP contribution < -0.4 is 0 Å². The molecule has 1 amide bonds. The number of rotatable bonds is 9. The Balaban J connectivity index is 4.06. The minimum Gasteiger partial charge on any atom is -0.339 e. The van der Waals surface area contributed by atoms with Crippen molar-refractivity contribution in [3.8, 4) is 0 Å². The van der Waals surface area contributed by atoms with Gasteiger partial charge in [-0.1, -0.05) is 44.1 Å². The summed E-state index contributed by atoms with van der Waals surface area (Å²) >= 11 is 0. The van der Waals surface area contributed by atoms with E-state index in [2.05, 4.69) is 39.0 Å². The standard InChI is InChI=1S/C16H29NO/c1-5-7-9-10-11-12-15(3)14-17(16(4)18)13-8-6-2/h7,9,12H,5-6,8,10-11,13-14H2,1-4H3. The maximum absolute atomic E-state index is 11.5. The third kappa shape index (κ3) is 9.03. The zero-order valence-corrected chi connectivity index (χ0v) is 12.5. The largest absolute Gasteiger partial charge is 0.339 e. The van der Waals surface area contributed by atoms with E-state index >= 15 is 0 Å². The summed E-state index contributed by atoms with van der Waals surface area (Å²) in [5.74, 6) is 0.182. The number of allylic oxidation sites excluding steroid dienone is 3. The van der Waals surface area contributed by atoms with Gasteiger partial charge in [0.1, 0.15) is 0 Å². The van der Waals surface area contributed by atoms with Crippen LogP contribution in [0.1, 0.15) is 59.8 Å². The molecule has 0 rings (SSSR count). The van der Waals surface area contributed by atoms with Gasteiger partial charge in [0, 0.05) is 20.0 Å². The van der Waals surface area contributed by atoms with Crippen molar-refractivity contribution in [2.75, 3.05) is 13.1 Å². The Hall–Kier alpha value is -1.05. The quantitative estimate of drug-likeness (QED) is 0.441. The third-order valence-corrected chi connectivity index (χ3v) is 2.90. The van der Waals surface area contributed by atoms with Crippen molar-refractivity contribution >= 4 is 5.91 Å². The highest BCUT2D eigenvalue weighted by Gasteiger charge is 2.07. The highest BCUT2D eigenvalue weighted by atomic mass is 16.2. The molecule has 0 spiro atoms. The van der Waals surface area contributed by atoms with Gasteiger partial charge in [0.05, 0.1) is 0 Å². The molecule has 0 bridgehead atoms. The second-order valence-electron chi connectivity index (χ2n) is 4.80. The van der Waals surface area contributed by atoms with Crippen LogP contribution in [0.3, 0.4) is 0 Å². The second-order valence-corrected chi connectivity index (χ2v) is 4.80. The Kier molecular flexibility index (Phi) is 10.4. The Labute approximate surface area is 113 Å². The molecule has 0 saturated carbocycles. The highest BCUT2D eigenvalue weighted by molar-refractivity contribution is 5.73. The van der Waals surface area contributed by atoms with Gasteiger partial charge >= 0.3 is 0 Å². The van der Waals surface area contributed by atoms with Crippen LogP contribution in [0, 0.1) is 0 Å². The van der Waals surface area contributed by atoms with Crippen molar-refractivity contribution in [1.82, 2.24) is 4.90 Å². The van der Waals surface area contributed by atoms with Crippen LogP contribution in [-0.4, -0.2) is 23.9 Å². The van der Waals surface area contributed by atoms with Gasteiger partial charge in [-0.25, -0.2) is 0 Å². The number of nitrogens with zero attached hydrogens (tertiary/aromatic N) is 1. The van der Waals surface area contributed by atoms with E-state index in [1.165, 1.54) is 5.57 Å². The van der Waals surface area contributed by atoms with Gasteiger partial charge < -0.3 is 4.90 Å². The molecular weight excluding hydrogens is 222 g/mol. The van der Waals surface area contributed by atoms with Crippen molar-refractivity contribution < 1.29 is 4.79 Å². The van der Waals surface area contributed by atoms with Crippen molar-refractivity contribution in [3.63, 3.8) is 0 Å². The molecule has 0 saturated heterocycles. The fourth-order valence-corrected chi connectivity index (χ4v) is 1.77. The molecule has 0 N–H and O–H groups in total. The maximum atomic E-state index is 11.5. The van der Waals surface area contributed by atoms with E-state index in [-0.39, 0.29) is 5.91 Å². The molecule has 0 heterocycles. The fourth-order valence-electron chi connectivity index (χ4n) is 1.77. The molecule has 0 radical (unpaired) electrons. The SMILES string of the molecule is CCC=CCCC=C(C)CN(CCCC)C(C)=O. The summed E-state index contributed by atoms with van der Waals surface area (Å²) in [6, 6.07) is 0. The van der Waals surface area contributed by atoms with Crippen molar-refractivity contribution in [2.45, 2.75) is 59.8 Å². The Morgan fingerprint density at radius 3 is 2.39 bits per heavy atom. The van der Waals surface area contributed by atoms with Crippen LogP contribution in [0.4, 0.5) is 0 Å². The van der Waals surface area contributed by atoms with Gasteiger partial charge in [0.15, 0.2) is 0 Å². The first-order valence-electron chi connectivity index (χ1n) is 7.17. The molecule has 0 aliphatic heterocycles. The lowest BCUT2D eigenvalue weighted by molar-refractivity contribution is -0.128. The molecule has 0 fully saturated rings. The van der Waals surface area contributed by atoms with Gasteiger partial charge in [-0.15, -0.1) is 0 Å². The zero-order valence-electron chi connectivity index (χ0n) is 12.5. The highest BCUT2D eigenvalue weighted by Crippen LogP contribution is 2.05. The molecule has 0 aromatic rings. The Morgan fingerprint density at radius 1 is 1.11 bits per heavy atom. The first kappa shape index (κ1) is 16.9. The van der Waals surface area contributed by atoms with E-state index in [9.17, 15) is 4.79 Å². The van der Waals surface area contributed by atoms with E-state index in [0.29, 0.717) is 0 Å². The fraction of sp³-hybridized carbons (Fsp3) is 0.688. The number of amides is 1.